The Morgan fingerprint density at radius 2 is 1.90 bits per heavy atom. The van der Waals surface area contributed by atoms with Crippen LogP contribution in [0.3, 0.4) is 0 Å². The Morgan fingerprint density at radius 3 is 2.00 bits per heavy atom. The fourth-order valence-electron chi connectivity index (χ4n) is 0.340. The first-order valence-corrected chi connectivity index (χ1v) is 3.99. The van der Waals surface area contributed by atoms with Gasteiger partial charge in [-0.2, -0.15) is 0 Å². The summed E-state index contributed by atoms with van der Waals surface area (Å²) in [6.07, 6.45) is 0. The van der Waals surface area contributed by atoms with Gasteiger partial charge in [-0.3, -0.25) is 5.41 Å². The van der Waals surface area contributed by atoms with Crippen molar-refractivity contribution in [1.29, 1.82) is 5.41 Å². The largest absolute Gasteiger partial charge is 0.483 e. The summed E-state index contributed by atoms with van der Waals surface area (Å²) >= 11 is 16.6. The Labute approximate surface area is 74.9 Å². The van der Waals surface area contributed by atoms with E-state index >= 15 is 0 Å². The first kappa shape index (κ1) is 10.3. The van der Waals surface area contributed by atoms with E-state index < -0.39 is 4.87 Å². The van der Waals surface area contributed by atoms with E-state index in [4.69, 9.17) is 40.2 Å². The van der Waals surface area contributed by atoms with Gasteiger partial charge in [-0.15, -0.1) is 34.8 Å². The molecule has 10 heavy (non-hydrogen) atoms. The van der Waals surface area contributed by atoms with Crippen LogP contribution in [0.2, 0.25) is 0 Å². The van der Waals surface area contributed by atoms with Gasteiger partial charge in [0.2, 0.25) is 5.90 Å². The molecule has 0 aromatic carbocycles. The van der Waals surface area contributed by atoms with E-state index in [-0.39, 0.29) is 17.7 Å². The minimum Gasteiger partial charge on any atom is -0.483 e. The molecular formula is C5H8Cl3NO. The molecule has 0 saturated carbocycles. The molecule has 0 aliphatic carbocycles. The van der Waals surface area contributed by atoms with Crippen LogP contribution in [0.1, 0.15) is 0 Å². The molecule has 5 heteroatoms. The quantitative estimate of drug-likeness (QED) is 0.426. The molecule has 0 rings (SSSR count). The molecule has 0 atom stereocenters. The Bertz CT molecular complexity index is 124. The second-order valence-electron chi connectivity index (χ2n) is 1.77. The Hall–Kier alpha value is 0.340. The van der Waals surface area contributed by atoms with Gasteiger partial charge in [0.1, 0.15) is 4.87 Å². The fourth-order valence-corrected chi connectivity index (χ4v) is 0.946. The lowest BCUT2D eigenvalue weighted by molar-refractivity contribution is 0.377. The molecule has 0 saturated heterocycles. The molecule has 0 heterocycles. The highest BCUT2D eigenvalue weighted by molar-refractivity contribution is 6.43. The van der Waals surface area contributed by atoms with E-state index in [1.54, 1.807) is 0 Å². The van der Waals surface area contributed by atoms with Crippen molar-refractivity contribution in [3.8, 4) is 0 Å². The summed E-state index contributed by atoms with van der Waals surface area (Å²) in [6.45, 7) is 0. The zero-order valence-corrected chi connectivity index (χ0v) is 7.72. The maximum Gasteiger partial charge on any atom is 0.204 e. The molecule has 0 unspecified atom stereocenters. The lowest BCUT2D eigenvalue weighted by atomic mass is 10.2. The molecular weight excluding hydrogens is 196 g/mol. The van der Waals surface area contributed by atoms with Gasteiger partial charge in [0, 0.05) is 0 Å². The fraction of sp³-hybridized carbons (Fsp3) is 0.800. The Morgan fingerprint density at radius 1 is 1.50 bits per heavy atom. The van der Waals surface area contributed by atoms with Crippen LogP contribution >= 0.6 is 34.8 Å². The topological polar surface area (TPSA) is 33.1 Å². The number of methoxy groups -OCH3 is 1. The Balaban J connectivity index is 4.17. The van der Waals surface area contributed by atoms with Crippen molar-refractivity contribution in [2.75, 3.05) is 18.9 Å². The third-order valence-electron chi connectivity index (χ3n) is 1.03. The second-order valence-corrected chi connectivity index (χ2v) is 3.02. The summed E-state index contributed by atoms with van der Waals surface area (Å²) in [5, 5.41) is 7.17. The highest BCUT2D eigenvalue weighted by Gasteiger charge is 2.32. The summed E-state index contributed by atoms with van der Waals surface area (Å²) in [6, 6.07) is 0. The maximum absolute atomic E-state index is 7.17. The van der Waals surface area contributed by atoms with Gasteiger partial charge in [-0.1, -0.05) is 0 Å². The number of hydrogen-bond acceptors (Lipinski definition) is 2. The summed E-state index contributed by atoms with van der Waals surface area (Å²) in [5.74, 6) is 0.0503. The van der Waals surface area contributed by atoms with E-state index in [2.05, 4.69) is 4.74 Å². The normalized spacial score (nSPS) is 11.2. The molecule has 60 valence electrons. The highest BCUT2D eigenvalue weighted by atomic mass is 35.5. The van der Waals surface area contributed by atoms with E-state index in [0.29, 0.717) is 0 Å². The SMILES string of the molecule is COC(=N)C(Cl)(CCl)CCl. The minimum absolute atomic E-state index is 0.0741. The van der Waals surface area contributed by atoms with Gasteiger partial charge in [-0.05, 0) is 0 Å². The monoisotopic (exact) mass is 203 g/mol. The molecule has 1 N–H and O–H groups in total. The summed E-state index contributed by atoms with van der Waals surface area (Å²) in [5.41, 5.74) is 0. The first-order valence-electron chi connectivity index (χ1n) is 2.54. The zero-order chi connectivity index (χ0) is 8.20. The van der Waals surface area contributed by atoms with Gasteiger partial charge in [0.25, 0.3) is 0 Å². The molecule has 0 radical (unpaired) electrons. The van der Waals surface area contributed by atoms with Crippen molar-refractivity contribution in [1.82, 2.24) is 0 Å². The van der Waals surface area contributed by atoms with Crippen molar-refractivity contribution >= 4 is 40.7 Å². The molecule has 0 fully saturated rings. The van der Waals surface area contributed by atoms with Crippen LogP contribution in [-0.2, 0) is 4.74 Å². The van der Waals surface area contributed by atoms with E-state index in [0.717, 1.165) is 0 Å². The van der Waals surface area contributed by atoms with Crippen molar-refractivity contribution in [3.63, 3.8) is 0 Å². The van der Waals surface area contributed by atoms with Gasteiger partial charge < -0.3 is 4.74 Å². The number of halogens is 3. The predicted molar refractivity (Wildman–Crippen MR) is 44.8 cm³/mol. The van der Waals surface area contributed by atoms with Crippen molar-refractivity contribution in [2.24, 2.45) is 0 Å². The molecule has 0 bridgehead atoms. The molecule has 0 amide bonds. The third-order valence-corrected chi connectivity index (χ3v) is 2.66. The van der Waals surface area contributed by atoms with Crippen LogP contribution in [0.4, 0.5) is 0 Å². The number of hydrogen-bond donors (Lipinski definition) is 1. The zero-order valence-electron chi connectivity index (χ0n) is 5.46. The van der Waals surface area contributed by atoms with Gasteiger partial charge in [-0.25, -0.2) is 0 Å². The van der Waals surface area contributed by atoms with Crippen LogP contribution in [-0.4, -0.2) is 29.6 Å². The highest BCUT2D eigenvalue weighted by Crippen LogP contribution is 2.20. The molecule has 0 aliphatic heterocycles. The first-order chi connectivity index (χ1) is 4.60. The standard InChI is InChI=1S/C5H8Cl3NO/c1-10-4(9)5(8,2-6)3-7/h9H,2-3H2,1H3. The molecule has 2 nitrogen and oxygen atoms in total. The smallest absolute Gasteiger partial charge is 0.204 e. The number of alkyl halides is 3. The van der Waals surface area contributed by atoms with Gasteiger partial charge in [0.05, 0.1) is 18.9 Å². The van der Waals surface area contributed by atoms with E-state index in [1.165, 1.54) is 7.11 Å². The van der Waals surface area contributed by atoms with E-state index in [9.17, 15) is 0 Å². The number of ether oxygens (including phenoxy) is 1. The predicted octanol–water partition coefficient (Wildman–Crippen LogP) is 2.07. The lowest BCUT2D eigenvalue weighted by Gasteiger charge is -2.20. The number of nitrogens with one attached hydrogen (secondary N) is 1. The molecule has 0 aliphatic rings. The summed E-state index contributed by atoms with van der Waals surface area (Å²) in [7, 11) is 1.36. The molecule has 0 aromatic rings. The maximum atomic E-state index is 7.17. The van der Waals surface area contributed by atoms with Crippen LogP contribution in [0, 0.1) is 5.41 Å². The van der Waals surface area contributed by atoms with E-state index in [1.807, 2.05) is 0 Å². The van der Waals surface area contributed by atoms with Crippen molar-refractivity contribution in [2.45, 2.75) is 4.87 Å². The number of rotatable bonds is 3. The van der Waals surface area contributed by atoms with Crippen molar-refractivity contribution < 1.29 is 4.74 Å². The minimum atomic E-state index is -1.04. The van der Waals surface area contributed by atoms with Crippen LogP contribution in [0.25, 0.3) is 0 Å². The Kier molecular flexibility index (Phi) is 4.41. The summed E-state index contributed by atoms with van der Waals surface area (Å²) < 4.78 is 4.58. The van der Waals surface area contributed by atoms with Crippen LogP contribution in [0.5, 0.6) is 0 Å². The van der Waals surface area contributed by atoms with Crippen LogP contribution in [0.15, 0.2) is 0 Å². The summed E-state index contributed by atoms with van der Waals surface area (Å²) in [4.78, 5) is -1.04. The molecule has 0 spiro atoms. The average Bonchev–Trinajstić information content (AvgIpc) is 2.01. The average molecular weight is 204 g/mol. The van der Waals surface area contributed by atoms with Gasteiger partial charge >= 0.3 is 0 Å². The van der Waals surface area contributed by atoms with Crippen LogP contribution < -0.4 is 0 Å². The second kappa shape index (κ2) is 4.27. The third kappa shape index (κ3) is 2.19. The lowest BCUT2D eigenvalue weighted by Crippen LogP contribution is -2.37. The molecule has 0 aromatic heterocycles. The van der Waals surface area contributed by atoms with Crippen molar-refractivity contribution in [3.05, 3.63) is 0 Å². The van der Waals surface area contributed by atoms with Gasteiger partial charge in [0.15, 0.2) is 0 Å².